The van der Waals surface area contributed by atoms with E-state index in [4.69, 9.17) is 14.9 Å². The van der Waals surface area contributed by atoms with E-state index in [0.29, 0.717) is 0 Å². The van der Waals surface area contributed by atoms with Crippen LogP contribution in [-0.4, -0.2) is 28.6 Å². The number of carboxylic acid groups (broad SMARTS) is 1. The van der Waals surface area contributed by atoms with Gasteiger partial charge in [0, 0.05) is 18.9 Å². The lowest BCUT2D eigenvalue weighted by Gasteiger charge is -2.13. The second kappa shape index (κ2) is 24.4. The highest BCUT2D eigenvalue weighted by Gasteiger charge is 2.03. The van der Waals surface area contributed by atoms with Crippen LogP contribution >= 0.6 is 0 Å². The molecule has 0 aliphatic carbocycles. The first-order valence-electron chi connectivity index (χ1n) is 9.32. The Bertz CT molecular complexity index is 565. The Morgan fingerprint density at radius 2 is 1.75 bits per heavy atom. The van der Waals surface area contributed by atoms with E-state index in [9.17, 15) is 4.79 Å². The van der Waals surface area contributed by atoms with Crippen molar-refractivity contribution in [2.75, 3.05) is 0 Å². The maximum Gasteiger partial charge on any atom is 0.328 e. The van der Waals surface area contributed by atoms with Crippen LogP contribution in [0.25, 0.3) is 6.08 Å². The Hall–Kier alpha value is -2.61. The number of allylic oxidation sites excluding steroid dienone is 1. The molecule has 0 fully saturated rings. The molecular formula is C24H36O4. The van der Waals surface area contributed by atoms with E-state index < -0.39 is 12.3 Å². The Morgan fingerprint density at radius 1 is 1.18 bits per heavy atom. The van der Waals surface area contributed by atoms with Crippen LogP contribution in [0, 0.1) is 11.8 Å². The molecule has 0 aliphatic heterocycles. The number of aliphatic hydroxyl groups excluding tert-OH is 1. The molecule has 0 saturated carbocycles. The number of hydrogen-bond donors (Lipinski definition) is 2. The van der Waals surface area contributed by atoms with Crippen molar-refractivity contribution in [3.63, 3.8) is 0 Å². The van der Waals surface area contributed by atoms with Gasteiger partial charge in [-0.15, -0.1) is 25.7 Å². The summed E-state index contributed by atoms with van der Waals surface area (Å²) < 4.78 is 5.12. The molecule has 2 N–H and O–H groups in total. The van der Waals surface area contributed by atoms with Crippen molar-refractivity contribution in [1.29, 1.82) is 0 Å². The molecule has 0 saturated heterocycles. The number of carbonyl (C=O) groups is 1. The smallest absolute Gasteiger partial charge is 0.328 e. The summed E-state index contributed by atoms with van der Waals surface area (Å²) >= 11 is 0. The summed E-state index contributed by atoms with van der Waals surface area (Å²) in [6, 6.07) is 9.31. The summed E-state index contributed by atoms with van der Waals surface area (Å²) in [4.78, 5) is 10.1. The quantitative estimate of drug-likeness (QED) is 0.272. The third-order valence-corrected chi connectivity index (χ3v) is 2.69. The summed E-state index contributed by atoms with van der Waals surface area (Å²) in [6.07, 6.45) is 6.25. The fraction of sp³-hybridized carbons (Fsp3) is 0.375. The van der Waals surface area contributed by atoms with E-state index in [2.05, 4.69) is 31.6 Å². The first-order chi connectivity index (χ1) is 13.5. The van der Waals surface area contributed by atoms with Crippen LogP contribution in [0.2, 0.25) is 0 Å². The van der Waals surface area contributed by atoms with Gasteiger partial charge in [0.2, 0.25) is 0 Å². The van der Waals surface area contributed by atoms with E-state index in [0.717, 1.165) is 30.9 Å². The van der Waals surface area contributed by atoms with Gasteiger partial charge < -0.3 is 14.9 Å². The van der Waals surface area contributed by atoms with E-state index in [1.54, 1.807) is 19.1 Å². The lowest BCUT2D eigenvalue weighted by atomic mass is 10.2. The molecule has 2 atom stereocenters. The van der Waals surface area contributed by atoms with Crippen molar-refractivity contribution < 1.29 is 19.7 Å². The van der Waals surface area contributed by atoms with Gasteiger partial charge in [-0.3, -0.25) is 0 Å². The summed E-state index contributed by atoms with van der Waals surface area (Å²) in [5, 5.41) is 17.2. The minimum atomic E-state index is -0.922. The predicted molar refractivity (Wildman–Crippen MR) is 120 cm³/mol. The van der Waals surface area contributed by atoms with Gasteiger partial charge in [0.25, 0.3) is 0 Å². The fourth-order valence-electron chi connectivity index (χ4n) is 1.64. The van der Waals surface area contributed by atoms with Crippen molar-refractivity contribution in [1.82, 2.24) is 0 Å². The van der Waals surface area contributed by atoms with Crippen LogP contribution in [0.3, 0.4) is 0 Å². The Kier molecular flexibility index (Phi) is 26.2. The number of ether oxygens (including phenoxy) is 1. The molecule has 1 aromatic rings. The lowest BCUT2D eigenvalue weighted by Crippen LogP contribution is -2.15. The van der Waals surface area contributed by atoms with Crippen LogP contribution in [0.4, 0.5) is 0 Å². The Morgan fingerprint density at radius 3 is 2.21 bits per heavy atom. The van der Waals surface area contributed by atoms with Crippen molar-refractivity contribution in [2.45, 2.75) is 59.4 Å². The Labute approximate surface area is 171 Å². The highest BCUT2D eigenvalue weighted by Crippen LogP contribution is 2.02. The number of aliphatic hydroxyl groups is 1. The van der Waals surface area contributed by atoms with Crippen molar-refractivity contribution >= 4 is 12.0 Å². The van der Waals surface area contributed by atoms with Gasteiger partial charge in [-0.2, -0.15) is 0 Å². The molecule has 156 valence electrons. The van der Waals surface area contributed by atoms with Crippen LogP contribution in [0.15, 0.2) is 62.2 Å². The highest BCUT2D eigenvalue weighted by molar-refractivity contribution is 5.85. The van der Waals surface area contributed by atoms with Crippen LogP contribution < -0.4 is 0 Å². The maximum atomic E-state index is 10.1. The molecule has 0 radical (unpaired) electrons. The van der Waals surface area contributed by atoms with Crippen molar-refractivity contribution in [3.05, 3.63) is 67.8 Å². The van der Waals surface area contributed by atoms with Crippen molar-refractivity contribution in [2.24, 2.45) is 0 Å². The second-order valence-electron chi connectivity index (χ2n) is 5.01. The summed E-state index contributed by atoms with van der Waals surface area (Å²) in [5.41, 5.74) is 0.898. The Balaban J connectivity index is -0.000000381. The standard InChI is InChI=1S/C11H18O2.C9H8O2.C2H6.C2H4/c1-4-5-6-7-8-9-10(2)13-11(3)12;10-9(11)7-6-8-4-2-1-3-5-8;2*1-2/h4,10-12H,1,5,8-9H2,2-3H3;1-7H,(H,10,11);1-2H3;1-2H2/b;7-6+;;. The zero-order valence-corrected chi connectivity index (χ0v) is 17.7. The van der Waals surface area contributed by atoms with Crippen LogP contribution in [0.5, 0.6) is 0 Å². The SMILES string of the molecule is C=C.C=CCC#CCCC(C)OC(C)O.CC.O=C(O)/C=C/c1ccccc1. The molecule has 28 heavy (non-hydrogen) atoms. The first kappa shape index (κ1) is 30.1. The lowest BCUT2D eigenvalue weighted by molar-refractivity contribution is -0.131. The first-order valence-corrected chi connectivity index (χ1v) is 9.32. The van der Waals surface area contributed by atoms with Gasteiger partial charge in [-0.1, -0.05) is 56.2 Å². The molecule has 1 rings (SSSR count). The molecule has 0 heterocycles. The van der Waals surface area contributed by atoms with Gasteiger partial charge >= 0.3 is 5.97 Å². The second-order valence-corrected chi connectivity index (χ2v) is 5.01. The van der Waals surface area contributed by atoms with Gasteiger partial charge in [0.05, 0.1) is 6.10 Å². The molecule has 1 aromatic carbocycles. The number of hydrogen-bond acceptors (Lipinski definition) is 3. The fourth-order valence-corrected chi connectivity index (χ4v) is 1.64. The molecule has 0 spiro atoms. The number of carboxylic acids is 1. The number of benzene rings is 1. The zero-order chi connectivity index (χ0) is 22.2. The van der Waals surface area contributed by atoms with Gasteiger partial charge in [0.1, 0.15) is 0 Å². The maximum absolute atomic E-state index is 10.1. The van der Waals surface area contributed by atoms with E-state index in [1.165, 1.54) is 0 Å². The summed E-state index contributed by atoms with van der Waals surface area (Å²) in [5.74, 6) is 5.04. The zero-order valence-electron chi connectivity index (χ0n) is 17.7. The van der Waals surface area contributed by atoms with E-state index in [1.807, 2.05) is 51.1 Å². The molecule has 2 unspecified atom stereocenters. The molecule has 4 nitrogen and oxygen atoms in total. The topological polar surface area (TPSA) is 66.8 Å². The number of rotatable bonds is 7. The monoisotopic (exact) mass is 388 g/mol. The molecule has 0 aromatic heterocycles. The minimum absolute atomic E-state index is 0.0676. The molecule has 0 bridgehead atoms. The average molecular weight is 389 g/mol. The molecule has 0 amide bonds. The molecule has 4 heteroatoms. The molecule has 0 aliphatic rings. The largest absolute Gasteiger partial charge is 0.478 e. The van der Waals surface area contributed by atoms with E-state index in [-0.39, 0.29) is 6.10 Å². The molecular weight excluding hydrogens is 352 g/mol. The highest BCUT2D eigenvalue weighted by atomic mass is 16.6. The van der Waals surface area contributed by atoms with Crippen molar-refractivity contribution in [3.8, 4) is 11.8 Å². The summed E-state index contributed by atoms with van der Waals surface area (Å²) in [7, 11) is 0. The average Bonchev–Trinajstić information content (AvgIpc) is 2.70. The summed E-state index contributed by atoms with van der Waals surface area (Å²) in [6.45, 7) is 17.1. The normalized spacial score (nSPS) is 10.9. The van der Waals surface area contributed by atoms with Gasteiger partial charge in [-0.05, 0) is 31.9 Å². The van der Waals surface area contributed by atoms with Gasteiger partial charge in [0.15, 0.2) is 6.29 Å². The van der Waals surface area contributed by atoms with Crippen LogP contribution in [0.1, 0.15) is 52.5 Å². The third kappa shape index (κ3) is 25.6. The van der Waals surface area contributed by atoms with Crippen LogP contribution in [-0.2, 0) is 9.53 Å². The van der Waals surface area contributed by atoms with Gasteiger partial charge in [-0.25, -0.2) is 4.79 Å². The number of aliphatic carboxylic acids is 1. The predicted octanol–water partition coefficient (Wildman–Crippen LogP) is 5.70. The third-order valence-electron chi connectivity index (χ3n) is 2.69. The van der Waals surface area contributed by atoms with E-state index >= 15 is 0 Å². The minimum Gasteiger partial charge on any atom is -0.478 e.